The molecule has 3 rings (SSSR count). The van der Waals surface area contributed by atoms with Gasteiger partial charge in [0.25, 0.3) is 0 Å². The van der Waals surface area contributed by atoms with Crippen molar-refractivity contribution in [2.24, 2.45) is 0 Å². The highest BCUT2D eigenvalue weighted by Gasteiger charge is 2.35. The molecule has 1 N–H and O–H groups in total. The van der Waals surface area contributed by atoms with Gasteiger partial charge in [0.05, 0.1) is 28.5 Å². The van der Waals surface area contributed by atoms with E-state index in [1.54, 1.807) is 23.0 Å². The minimum absolute atomic E-state index is 0.0894. The van der Waals surface area contributed by atoms with Crippen molar-refractivity contribution >= 4 is 34.7 Å². The number of halogens is 1. The predicted octanol–water partition coefficient (Wildman–Crippen LogP) is 2.54. The molecule has 3 aromatic rings. The summed E-state index contributed by atoms with van der Waals surface area (Å²) < 4.78 is 2.51. The Morgan fingerprint density at radius 1 is 1.28 bits per heavy atom. The molecule has 0 radical (unpaired) electrons. The smallest absolute Gasteiger partial charge is 0.358 e. The second-order valence-corrected chi connectivity index (χ2v) is 6.47. The highest BCUT2D eigenvalue weighted by Crippen LogP contribution is 2.29. The third kappa shape index (κ3) is 4.55. The molecule has 0 aliphatic rings. The van der Waals surface area contributed by atoms with Crippen molar-refractivity contribution in [3.05, 3.63) is 73.2 Å². The maximum atomic E-state index is 12.2. The summed E-state index contributed by atoms with van der Waals surface area (Å²) in [6, 6.07) is 7.24. The summed E-state index contributed by atoms with van der Waals surface area (Å²) in [7, 11) is 0. The first-order valence-electron chi connectivity index (χ1n) is 8.17. The first-order valence-corrected chi connectivity index (χ1v) is 8.55. The Bertz CT molecular complexity index is 1110. The minimum atomic E-state index is -0.959. The van der Waals surface area contributed by atoms with E-state index in [0.29, 0.717) is 17.3 Å². The molecule has 0 fully saturated rings. The second kappa shape index (κ2) is 8.06. The molecule has 150 valence electrons. The van der Waals surface area contributed by atoms with Crippen LogP contribution in [0.4, 0.5) is 17.2 Å². The molecule has 0 unspecified atom stereocenters. The van der Waals surface area contributed by atoms with Gasteiger partial charge in [-0.15, -0.1) is 0 Å². The highest BCUT2D eigenvalue weighted by molar-refractivity contribution is 6.30. The van der Waals surface area contributed by atoms with Crippen LogP contribution in [0.2, 0.25) is 5.02 Å². The minimum Gasteiger partial charge on any atom is -0.358 e. The SMILES string of the molecule is Cc1c([N+](=O)[O-])c([N+](=O)[O-])nn1CC(=O)Nc1cnn(Cc2cccc(Cl)c2)c1. The first-order chi connectivity index (χ1) is 13.7. The van der Waals surface area contributed by atoms with Gasteiger partial charge >= 0.3 is 11.5 Å². The zero-order valence-electron chi connectivity index (χ0n) is 15.0. The predicted molar refractivity (Wildman–Crippen MR) is 102 cm³/mol. The number of hydrogen-bond acceptors (Lipinski definition) is 7. The molecule has 13 heteroatoms. The van der Waals surface area contributed by atoms with Crippen LogP contribution in [0, 0.1) is 27.2 Å². The molecule has 0 saturated carbocycles. The zero-order chi connectivity index (χ0) is 21.1. The van der Waals surface area contributed by atoms with Gasteiger partial charge in [-0.05, 0) is 29.5 Å². The lowest BCUT2D eigenvalue weighted by molar-refractivity contribution is -0.424. The van der Waals surface area contributed by atoms with E-state index >= 15 is 0 Å². The molecule has 1 aromatic carbocycles. The normalized spacial score (nSPS) is 10.7. The molecule has 0 saturated heterocycles. The van der Waals surface area contributed by atoms with Gasteiger partial charge in [-0.25, -0.2) is 0 Å². The van der Waals surface area contributed by atoms with Crippen LogP contribution in [0.15, 0.2) is 36.7 Å². The average Bonchev–Trinajstić information content (AvgIpc) is 3.19. The van der Waals surface area contributed by atoms with Gasteiger partial charge in [0, 0.05) is 11.2 Å². The van der Waals surface area contributed by atoms with Gasteiger partial charge in [-0.2, -0.15) is 9.78 Å². The number of nitro groups is 2. The fourth-order valence-electron chi connectivity index (χ4n) is 2.68. The fraction of sp³-hybridized carbons (Fsp3) is 0.188. The number of carbonyl (C=O) groups excluding carboxylic acids is 1. The molecular weight excluding hydrogens is 406 g/mol. The molecule has 2 aromatic heterocycles. The third-order valence-electron chi connectivity index (χ3n) is 3.96. The van der Waals surface area contributed by atoms with Crippen LogP contribution in [0.3, 0.4) is 0 Å². The van der Waals surface area contributed by atoms with Crippen LogP contribution in [-0.2, 0) is 17.9 Å². The number of hydrogen-bond donors (Lipinski definition) is 1. The Morgan fingerprint density at radius 2 is 2.03 bits per heavy atom. The zero-order valence-corrected chi connectivity index (χ0v) is 15.7. The number of amides is 1. The Morgan fingerprint density at radius 3 is 2.66 bits per heavy atom. The summed E-state index contributed by atoms with van der Waals surface area (Å²) in [4.78, 5) is 32.4. The van der Waals surface area contributed by atoms with E-state index in [2.05, 4.69) is 15.5 Å². The van der Waals surface area contributed by atoms with E-state index in [4.69, 9.17) is 11.6 Å². The topological polar surface area (TPSA) is 151 Å². The van der Waals surface area contributed by atoms with Crippen LogP contribution >= 0.6 is 11.6 Å². The van der Waals surface area contributed by atoms with Crippen molar-refractivity contribution in [3.63, 3.8) is 0 Å². The van der Waals surface area contributed by atoms with E-state index in [1.165, 1.54) is 13.1 Å². The molecule has 12 nitrogen and oxygen atoms in total. The molecule has 29 heavy (non-hydrogen) atoms. The quantitative estimate of drug-likeness (QED) is 0.456. The molecule has 0 atom stereocenters. The lowest BCUT2D eigenvalue weighted by Gasteiger charge is -2.03. The average molecular weight is 420 g/mol. The highest BCUT2D eigenvalue weighted by atomic mass is 35.5. The first kappa shape index (κ1) is 19.9. The Balaban J connectivity index is 1.69. The Kier molecular flexibility index (Phi) is 5.54. The lowest BCUT2D eigenvalue weighted by atomic mass is 10.2. The van der Waals surface area contributed by atoms with Crippen molar-refractivity contribution in [3.8, 4) is 0 Å². The molecule has 0 aliphatic heterocycles. The standard InChI is InChI=1S/C16H14ClN7O5/c1-10-15(23(26)27)16(24(28)29)20-22(10)9-14(25)19-13-6-18-21(8-13)7-11-3-2-4-12(17)5-11/h2-6,8H,7,9H2,1H3,(H,19,25). The summed E-state index contributed by atoms with van der Waals surface area (Å²) in [6.07, 6.45) is 3.03. The van der Waals surface area contributed by atoms with Gasteiger partial charge < -0.3 is 15.4 Å². The van der Waals surface area contributed by atoms with Crippen molar-refractivity contribution < 1.29 is 14.6 Å². The van der Waals surface area contributed by atoms with Crippen molar-refractivity contribution in [1.82, 2.24) is 19.6 Å². The molecule has 2 heterocycles. The number of anilines is 1. The fourth-order valence-corrected chi connectivity index (χ4v) is 2.90. The van der Waals surface area contributed by atoms with Gasteiger partial charge in [0.15, 0.2) is 0 Å². The molecule has 1 amide bonds. The van der Waals surface area contributed by atoms with Crippen molar-refractivity contribution in [1.29, 1.82) is 0 Å². The number of aromatic nitrogens is 4. The van der Waals surface area contributed by atoms with Crippen molar-refractivity contribution in [2.75, 3.05) is 5.32 Å². The molecule has 0 bridgehead atoms. The summed E-state index contributed by atoms with van der Waals surface area (Å²) in [5, 5.41) is 32.9. The number of rotatable bonds is 7. The maximum absolute atomic E-state index is 12.2. The maximum Gasteiger partial charge on any atom is 0.468 e. The summed E-state index contributed by atoms with van der Waals surface area (Å²) in [5.41, 5.74) is 0.488. The monoisotopic (exact) mass is 419 g/mol. The number of benzene rings is 1. The van der Waals surface area contributed by atoms with Crippen LogP contribution in [0.25, 0.3) is 0 Å². The van der Waals surface area contributed by atoms with Crippen molar-refractivity contribution in [2.45, 2.75) is 20.0 Å². The number of nitrogens with zero attached hydrogens (tertiary/aromatic N) is 6. The second-order valence-electron chi connectivity index (χ2n) is 6.03. The molecular formula is C16H14ClN7O5. The van der Waals surface area contributed by atoms with Gasteiger partial charge in [-0.1, -0.05) is 23.7 Å². The van der Waals surface area contributed by atoms with Crippen LogP contribution in [0.1, 0.15) is 11.3 Å². The van der Waals surface area contributed by atoms with Crippen LogP contribution < -0.4 is 5.32 Å². The molecule has 0 spiro atoms. The summed E-state index contributed by atoms with van der Waals surface area (Å²) in [6.45, 7) is 1.29. The van der Waals surface area contributed by atoms with Gasteiger partial charge in [0.1, 0.15) is 12.2 Å². The Labute approximate surface area is 168 Å². The van der Waals surface area contributed by atoms with E-state index in [1.807, 2.05) is 12.1 Å². The van der Waals surface area contributed by atoms with E-state index in [0.717, 1.165) is 10.2 Å². The Hall–Kier alpha value is -3.80. The molecule has 0 aliphatic carbocycles. The van der Waals surface area contributed by atoms with E-state index < -0.39 is 33.8 Å². The van der Waals surface area contributed by atoms with E-state index in [-0.39, 0.29) is 5.69 Å². The van der Waals surface area contributed by atoms with Gasteiger partial charge in [-0.3, -0.25) is 19.6 Å². The third-order valence-corrected chi connectivity index (χ3v) is 4.19. The number of nitrogens with one attached hydrogen (secondary N) is 1. The van der Waals surface area contributed by atoms with Gasteiger partial charge in [0.2, 0.25) is 5.91 Å². The largest absolute Gasteiger partial charge is 0.468 e. The summed E-state index contributed by atoms with van der Waals surface area (Å²) >= 11 is 5.95. The lowest BCUT2D eigenvalue weighted by Crippen LogP contribution is -2.20. The number of carbonyl (C=O) groups is 1. The van der Waals surface area contributed by atoms with Crippen LogP contribution in [-0.4, -0.2) is 35.3 Å². The van der Waals surface area contributed by atoms with E-state index in [9.17, 15) is 25.0 Å². The summed E-state index contributed by atoms with van der Waals surface area (Å²) in [5.74, 6) is -1.47. The van der Waals surface area contributed by atoms with Crippen LogP contribution in [0.5, 0.6) is 0 Å².